The highest BCUT2D eigenvalue weighted by Gasteiger charge is 2.24. The zero-order chi connectivity index (χ0) is 17.9. The molecule has 2 aromatic carbocycles. The van der Waals surface area contributed by atoms with E-state index in [4.69, 9.17) is 0 Å². The Morgan fingerprint density at radius 3 is 2.50 bits per heavy atom. The molecule has 0 spiro atoms. The normalized spacial score (nSPS) is 14.7. The fourth-order valence-electron chi connectivity index (χ4n) is 3.63. The third-order valence-corrected chi connectivity index (χ3v) is 4.97. The van der Waals surface area contributed by atoms with Crippen molar-refractivity contribution in [2.24, 2.45) is 0 Å². The first kappa shape index (κ1) is 16.5. The zero-order valence-corrected chi connectivity index (χ0v) is 15.1. The number of anilines is 2. The van der Waals surface area contributed by atoms with Gasteiger partial charge in [0.25, 0.3) is 0 Å². The molecule has 134 valence electrons. The first-order valence-electron chi connectivity index (χ1n) is 9.21. The largest absolute Gasteiger partial charge is 0.384 e. The van der Waals surface area contributed by atoms with Gasteiger partial charge in [0.2, 0.25) is 0 Å². The Hall–Kier alpha value is -2.95. The summed E-state index contributed by atoms with van der Waals surface area (Å²) in [5.41, 5.74) is 3.34. The van der Waals surface area contributed by atoms with E-state index in [0.29, 0.717) is 0 Å². The molecule has 4 rings (SSSR count). The second-order valence-corrected chi connectivity index (χ2v) is 6.55. The first-order chi connectivity index (χ1) is 12.8. The van der Waals surface area contributed by atoms with Crippen LogP contribution in [-0.4, -0.2) is 48.2 Å². The predicted molar refractivity (Wildman–Crippen MR) is 107 cm³/mol. The van der Waals surface area contributed by atoms with Crippen LogP contribution in [0.1, 0.15) is 6.92 Å². The summed E-state index contributed by atoms with van der Waals surface area (Å²) in [5, 5.41) is 4.52. The molecule has 1 fully saturated rings. The summed E-state index contributed by atoms with van der Waals surface area (Å²) < 4.78 is 1.76. The second-order valence-electron chi connectivity index (χ2n) is 6.55. The van der Waals surface area contributed by atoms with Crippen molar-refractivity contribution in [1.29, 1.82) is 0 Å². The van der Waals surface area contributed by atoms with Gasteiger partial charge in [0.15, 0.2) is 0 Å². The maximum Gasteiger partial charge on any atom is 0.328 e. The van der Waals surface area contributed by atoms with Crippen molar-refractivity contribution in [3.05, 3.63) is 60.8 Å². The van der Waals surface area contributed by atoms with Crippen LogP contribution in [0, 0.1) is 0 Å². The van der Waals surface area contributed by atoms with E-state index in [9.17, 15) is 4.79 Å². The molecule has 0 radical (unpaired) electrons. The van der Waals surface area contributed by atoms with Gasteiger partial charge in [0.1, 0.15) is 0 Å². The summed E-state index contributed by atoms with van der Waals surface area (Å²) in [5.74, 6) is 0. The fraction of sp³-hybridized carbons (Fsp3) is 0.286. The van der Waals surface area contributed by atoms with Crippen LogP contribution >= 0.6 is 0 Å². The highest BCUT2D eigenvalue weighted by Crippen LogP contribution is 2.26. The number of nitrogens with zero attached hydrogens (tertiary/aromatic N) is 3. The number of nitrogens with one attached hydrogen (secondary N) is 1. The molecular weight excluding hydrogens is 324 g/mol. The molecule has 1 aliphatic heterocycles. The molecule has 5 heteroatoms. The van der Waals surface area contributed by atoms with Crippen molar-refractivity contribution in [2.45, 2.75) is 6.92 Å². The van der Waals surface area contributed by atoms with Gasteiger partial charge >= 0.3 is 6.03 Å². The van der Waals surface area contributed by atoms with Crippen LogP contribution in [-0.2, 0) is 0 Å². The van der Waals surface area contributed by atoms with Crippen LogP contribution in [0.15, 0.2) is 60.8 Å². The zero-order valence-electron chi connectivity index (χ0n) is 15.1. The molecule has 26 heavy (non-hydrogen) atoms. The lowest BCUT2D eigenvalue weighted by Crippen LogP contribution is -2.50. The maximum atomic E-state index is 12.9. The van der Waals surface area contributed by atoms with Gasteiger partial charge in [-0.05, 0) is 31.2 Å². The topological polar surface area (TPSA) is 40.5 Å². The van der Waals surface area contributed by atoms with Crippen LogP contribution in [0.4, 0.5) is 16.2 Å². The summed E-state index contributed by atoms with van der Waals surface area (Å²) >= 11 is 0. The fourth-order valence-corrected chi connectivity index (χ4v) is 3.63. The third kappa shape index (κ3) is 3.01. The van der Waals surface area contributed by atoms with Gasteiger partial charge in [-0.1, -0.05) is 30.3 Å². The molecule has 2 heterocycles. The number of hydrogen-bond acceptors (Lipinski definition) is 3. The van der Waals surface area contributed by atoms with E-state index in [1.54, 1.807) is 4.57 Å². The van der Waals surface area contributed by atoms with Crippen LogP contribution < -0.4 is 10.2 Å². The molecule has 0 unspecified atom stereocenters. The molecule has 1 amide bonds. The molecule has 0 atom stereocenters. The maximum absolute atomic E-state index is 12.9. The molecule has 5 nitrogen and oxygen atoms in total. The van der Waals surface area contributed by atoms with Crippen molar-refractivity contribution < 1.29 is 4.79 Å². The number of hydrogen-bond donors (Lipinski definition) is 1. The van der Waals surface area contributed by atoms with Gasteiger partial charge in [-0.2, -0.15) is 0 Å². The van der Waals surface area contributed by atoms with E-state index in [-0.39, 0.29) is 6.03 Å². The summed E-state index contributed by atoms with van der Waals surface area (Å²) in [4.78, 5) is 17.2. The lowest BCUT2D eigenvalue weighted by molar-refractivity contribution is 0.197. The van der Waals surface area contributed by atoms with Crippen LogP contribution in [0.3, 0.4) is 0 Å². The Kier molecular flexibility index (Phi) is 4.52. The van der Waals surface area contributed by atoms with Crippen LogP contribution in [0.5, 0.6) is 0 Å². The van der Waals surface area contributed by atoms with Gasteiger partial charge in [-0.3, -0.25) is 4.57 Å². The van der Waals surface area contributed by atoms with Gasteiger partial charge < -0.3 is 15.1 Å². The van der Waals surface area contributed by atoms with Gasteiger partial charge in [0, 0.05) is 44.3 Å². The highest BCUT2D eigenvalue weighted by atomic mass is 16.2. The molecule has 0 bridgehead atoms. The molecule has 0 saturated carbocycles. The van der Waals surface area contributed by atoms with E-state index in [2.05, 4.69) is 41.4 Å². The molecule has 1 aliphatic rings. The molecule has 0 aliphatic carbocycles. The Balaban J connectivity index is 1.48. The Morgan fingerprint density at radius 2 is 1.69 bits per heavy atom. The Bertz CT molecular complexity index is 909. The van der Waals surface area contributed by atoms with Crippen molar-refractivity contribution in [3.8, 4) is 0 Å². The summed E-state index contributed by atoms with van der Waals surface area (Å²) in [6.45, 7) is 6.14. The minimum absolute atomic E-state index is 0.0609. The number of amides is 1. The third-order valence-electron chi connectivity index (χ3n) is 4.97. The Labute approximate surface area is 153 Å². The lowest BCUT2D eigenvalue weighted by Gasteiger charge is -2.37. The van der Waals surface area contributed by atoms with E-state index in [1.807, 2.05) is 41.4 Å². The van der Waals surface area contributed by atoms with Crippen LogP contribution in [0.2, 0.25) is 0 Å². The molecule has 1 aromatic heterocycles. The van der Waals surface area contributed by atoms with Gasteiger partial charge in [-0.25, -0.2) is 4.79 Å². The number of rotatable bonds is 3. The molecule has 1 saturated heterocycles. The van der Waals surface area contributed by atoms with E-state index in [0.717, 1.165) is 49.3 Å². The highest BCUT2D eigenvalue weighted by molar-refractivity contribution is 5.91. The number of carbonyl (C=O) groups excluding carboxylic acids is 1. The standard InChI is InChI=1S/C21H24N4O/c1-2-22-18-8-4-6-10-20(18)23-13-15-24(16-14-23)21(26)25-12-11-17-7-3-5-9-19(17)25/h3-12,22H,2,13-16H2,1H3. The first-order valence-corrected chi connectivity index (χ1v) is 9.21. The number of carbonyl (C=O) groups is 1. The quantitative estimate of drug-likeness (QED) is 0.781. The molecular formula is C21H24N4O. The lowest BCUT2D eigenvalue weighted by atomic mass is 10.2. The van der Waals surface area contributed by atoms with Crippen LogP contribution in [0.25, 0.3) is 10.9 Å². The monoisotopic (exact) mass is 348 g/mol. The number of piperazine rings is 1. The summed E-state index contributed by atoms with van der Waals surface area (Å²) in [6, 6.07) is 18.4. The number of aromatic nitrogens is 1. The predicted octanol–water partition coefficient (Wildman–Crippen LogP) is 3.86. The van der Waals surface area contributed by atoms with Crippen molar-refractivity contribution in [3.63, 3.8) is 0 Å². The average molecular weight is 348 g/mol. The number of para-hydroxylation sites is 3. The van der Waals surface area contributed by atoms with Crippen molar-refractivity contribution >= 4 is 28.3 Å². The average Bonchev–Trinajstić information content (AvgIpc) is 3.12. The van der Waals surface area contributed by atoms with E-state index >= 15 is 0 Å². The smallest absolute Gasteiger partial charge is 0.328 e. The molecule has 1 N–H and O–H groups in total. The SMILES string of the molecule is CCNc1ccccc1N1CCN(C(=O)n2ccc3ccccc32)CC1. The van der Waals surface area contributed by atoms with Gasteiger partial charge in [-0.15, -0.1) is 0 Å². The summed E-state index contributed by atoms with van der Waals surface area (Å²) in [7, 11) is 0. The number of benzene rings is 2. The molecule has 3 aromatic rings. The number of fused-ring (bicyclic) bond motifs is 1. The van der Waals surface area contributed by atoms with Crippen molar-refractivity contribution in [2.75, 3.05) is 42.9 Å². The minimum Gasteiger partial charge on any atom is -0.384 e. The minimum atomic E-state index is 0.0609. The van der Waals surface area contributed by atoms with E-state index < -0.39 is 0 Å². The Morgan fingerprint density at radius 1 is 0.962 bits per heavy atom. The summed E-state index contributed by atoms with van der Waals surface area (Å²) in [6.07, 6.45) is 1.87. The van der Waals surface area contributed by atoms with Gasteiger partial charge in [0.05, 0.1) is 16.9 Å². The van der Waals surface area contributed by atoms with E-state index in [1.165, 1.54) is 5.69 Å². The second kappa shape index (κ2) is 7.12. The van der Waals surface area contributed by atoms with Crippen molar-refractivity contribution in [1.82, 2.24) is 9.47 Å².